The molecule has 0 saturated heterocycles. The molecule has 0 aliphatic rings. The van der Waals surface area contributed by atoms with E-state index in [1.54, 1.807) is 0 Å². The molecule has 1 unspecified atom stereocenters. The van der Waals surface area contributed by atoms with Crippen molar-refractivity contribution in [3.05, 3.63) is 0 Å². The second-order valence-corrected chi connectivity index (χ2v) is 3.98. The first-order valence-corrected chi connectivity index (χ1v) is 5.44. The number of hydrogen-bond acceptors (Lipinski definition) is 4. The van der Waals surface area contributed by atoms with E-state index in [4.69, 9.17) is 11.5 Å². The lowest BCUT2D eigenvalue weighted by molar-refractivity contribution is -0.122. The van der Waals surface area contributed by atoms with Gasteiger partial charge in [0.2, 0.25) is 5.91 Å². The van der Waals surface area contributed by atoms with Crippen molar-refractivity contribution >= 4 is 11.9 Å². The van der Waals surface area contributed by atoms with Gasteiger partial charge in [-0.2, -0.15) is 0 Å². The highest BCUT2D eigenvalue weighted by Gasteiger charge is 2.28. The minimum Gasteiger partial charge on any atom is -0.351 e. The Morgan fingerprint density at radius 2 is 1.94 bits per heavy atom. The van der Waals surface area contributed by atoms with Crippen molar-refractivity contribution in [3.63, 3.8) is 0 Å². The van der Waals surface area contributed by atoms with Gasteiger partial charge in [-0.05, 0) is 19.9 Å². The number of amides is 3. The quantitative estimate of drug-likeness (QED) is 0.579. The Hall–Kier alpha value is -1.14. The monoisotopic (exact) mass is 230 g/mol. The molecule has 94 valence electrons. The number of rotatable bonds is 6. The number of nitrogens with zero attached hydrogens (tertiary/aromatic N) is 1. The van der Waals surface area contributed by atoms with E-state index >= 15 is 0 Å². The third-order valence-electron chi connectivity index (χ3n) is 2.94. The van der Waals surface area contributed by atoms with Crippen LogP contribution in [0.3, 0.4) is 0 Å². The standard InChI is InChI=1S/C10H22N4O2/c1-4-10(3,7-11)14(5-2)6-8(15)13-9(12)16/h4-7,11H2,1-3H3,(H3,12,13,15,16). The van der Waals surface area contributed by atoms with Gasteiger partial charge in [0.15, 0.2) is 0 Å². The molecular formula is C10H22N4O2. The average Bonchev–Trinajstić information content (AvgIpc) is 2.23. The zero-order valence-corrected chi connectivity index (χ0v) is 10.2. The van der Waals surface area contributed by atoms with E-state index in [2.05, 4.69) is 0 Å². The van der Waals surface area contributed by atoms with Crippen LogP contribution in [-0.2, 0) is 4.79 Å². The number of imide groups is 1. The number of urea groups is 1. The zero-order chi connectivity index (χ0) is 12.8. The largest absolute Gasteiger partial charge is 0.351 e. The SMILES string of the molecule is CCN(CC(=O)NC(N)=O)C(C)(CC)CN. The van der Waals surface area contributed by atoms with Gasteiger partial charge in [0.05, 0.1) is 6.54 Å². The number of nitrogens with one attached hydrogen (secondary N) is 1. The molecule has 0 heterocycles. The summed E-state index contributed by atoms with van der Waals surface area (Å²) in [5, 5.41) is 2.05. The van der Waals surface area contributed by atoms with Crippen molar-refractivity contribution in [3.8, 4) is 0 Å². The second kappa shape index (κ2) is 6.44. The Kier molecular flexibility index (Phi) is 5.98. The smallest absolute Gasteiger partial charge is 0.318 e. The molecule has 0 saturated carbocycles. The number of carbonyl (C=O) groups is 2. The predicted octanol–water partition coefficient (Wildman–Crippen LogP) is -0.369. The summed E-state index contributed by atoms with van der Waals surface area (Å²) in [5.74, 6) is -0.400. The highest BCUT2D eigenvalue weighted by molar-refractivity contribution is 5.94. The minimum atomic E-state index is -0.827. The summed E-state index contributed by atoms with van der Waals surface area (Å²) in [7, 11) is 0. The molecule has 16 heavy (non-hydrogen) atoms. The normalized spacial score (nSPS) is 14.6. The van der Waals surface area contributed by atoms with Crippen LogP contribution in [0, 0.1) is 0 Å². The van der Waals surface area contributed by atoms with E-state index in [1.165, 1.54) is 0 Å². The van der Waals surface area contributed by atoms with Gasteiger partial charge in [-0.15, -0.1) is 0 Å². The van der Waals surface area contributed by atoms with Crippen molar-refractivity contribution < 1.29 is 9.59 Å². The zero-order valence-electron chi connectivity index (χ0n) is 10.2. The number of carbonyl (C=O) groups excluding carboxylic acids is 2. The maximum absolute atomic E-state index is 11.4. The third kappa shape index (κ3) is 4.16. The Bertz CT molecular complexity index is 251. The van der Waals surface area contributed by atoms with Gasteiger partial charge >= 0.3 is 6.03 Å². The number of primary amides is 1. The molecule has 6 heteroatoms. The highest BCUT2D eigenvalue weighted by atomic mass is 16.2. The molecule has 0 aromatic carbocycles. The molecule has 0 fully saturated rings. The van der Waals surface area contributed by atoms with Crippen LogP contribution >= 0.6 is 0 Å². The maximum atomic E-state index is 11.4. The summed E-state index contributed by atoms with van der Waals surface area (Å²) < 4.78 is 0. The summed E-state index contributed by atoms with van der Waals surface area (Å²) in [6, 6.07) is -0.827. The molecule has 0 radical (unpaired) electrons. The van der Waals surface area contributed by atoms with Crippen LogP contribution in [0.5, 0.6) is 0 Å². The predicted molar refractivity (Wildman–Crippen MR) is 62.7 cm³/mol. The molecule has 5 N–H and O–H groups in total. The van der Waals surface area contributed by atoms with Gasteiger partial charge in [-0.3, -0.25) is 15.0 Å². The highest BCUT2D eigenvalue weighted by Crippen LogP contribution is 2.17. The lowest BCUT2D eigenvalue weighted by Crippen LogP contribution is -2.55. The van der Waals surface area contributed by atoms with Gasteiger partial charge in [0.1, 0.15) is 0 Å². The number of likely N-dealkylation sites (N-methyl/N-ethyl adjacent to an activating group) is 1. The first-order valence-electron chi connectivity index (χ1n) is 5.44. The molecule has 0 aliphatic heterocycles. The van der Waals surface area contributed by atoms with Crippen molar-refractivity contribution in [2.24, 2.45) is 11.5 Å². The summed E-state index contributed by atoms with van der Waals surface area (Å²) in [6.45, 7) is 7.23. The van der Waals surface area contributed by atoms with E-state index < -0.39 is 11.9 Å². The summed E-state index contributed by atoms with van der Waals surface area (Å²) in [5.41, 5.74) is 10.3. The molecule has 0 spiro atoms. The molecule has 0 rings (SSSR count). The van der Waals surface area contributed by atoms with E-state index in [0.29, 0.717) is 13.1 Å². The van der Waals surface area contributed by atoms with Crippen LogP contribution in [0.15, 0.2) is 0 Å². The van der Waals surface area contributed by atoms with Gasteiger partial charge in [-0.25, -0.2) is 4.79 Å². The van der Waals surface area contributed by atoms with Crippen molar-refractivity contribution in [1.82, 2.24) is 10.2 Å². The Balaban J connectivity index is 4.50. The van der Waals surface area contributed by atoms with Crippen molar-refractivity contribution in [2.75, 3.05) is 19.6 Å². The molecule has 0 aliphatic carbocycles. The van der Waals surface area contributed by atoms with Crippen molar-refractivity contribution in [1.29, 1.82) is 0 Å². The van der Waals surface area contributed by atoms with E-state index in [0.717, 1.165) is 6.42 Å². The molecular weight excluding hydrogens is 208 g/mol. The topological polar surface area (TPSA) is 101 Å². The fourth-order valence-electron chi connectivity index (χ4n) is 1.53. The van der Waals surface area contributed by atoms with E-state index in [-0.39, 0.29) is 12.1 Å². The van der Waals surface area contributed by atoms with Crippen LogP contribution in [0.2, 0.25) is 0 Å². The minimum absolute atomic E-state index is 0.126. The lowest BCUT2D eigenvalue weighted by atomic mass is 9.96. The fourth-order valence-corrected chi connectivity index (χ4v) is 1.53. The Morgan fingerprint density at radius 1 is 1.38 bits per heavy atom. The average molecular weight is 230 g/mol. The molecule has 1 atom stereocenters. The van der Waals surface area contributed by atoms with Crippen molar-refractivity contribution in [2.45, 2.75) is 32.7 Å². The molecule has 0 bridgehead atoms. The Morgan fingerprint density at radius 3 is 2.25 bits per heavy atom. The summed E-state index contributed by atoms with van der Waals surface area (Å²) in [6.07, 6.45) is 0.835. The van der Waals surface area contributed by atoms with E-state index in [9.17, 15) is 9.59 Å². The van der Waals surface area contributed by atoms with Crippen LogP contribution in [0.4, 0.5) is 4.79 Å². The molecule has 3 amide bonds. The maximum Gasteiger partial charge on any atom is 0.318 e. The number of hydrogen-bond donors (Lipinski definition) is 3. The molecule has 0 aromatic rings. The van der Waals surface area contributed by atoms with Crippen LogP contribution < -0.4 is 16.8 Å². The van der Waals surface area contributed by atoms with Crippen LogP contribution in [-0.4, -0.2) is 42.0 Å². The summed E-state index contributed by atoms with van der Waals surface area (Å²) in [4.78, 5) is 23.9. The Labute approximate surface area is 96.3 Å². The van der Waals surface area contributed by atoms with Gasteiger partial charge in [-0.1, -0.05) is 13.8 Å². The van der Waals surface area contributed by atoms with Gasteiger partial charge in [0.25, 0.3) is 0 Å². The molecule has 6 nitrogen and oxygen atoms in total. The van der Waals surface area contributed by atoms with Crippen LogP contribution in [0.1, 0.15) is 27.2 Å². The van der Waals surface area contributed by atoms with Crippen LogP contribution in [0.25, 0.3) is 0 Å². The van der Waals surface area contributed by atoms with E-state index in [1.807, 2.05) is 31.0 Å². The third-order valence-corrected chi connectivity index (χ3v) is 2.94. The second-order valence-electron chi connectivity index (χ2n) is 3.98. The lowest BCUT2D eigenvalue weighted by Gasteiger charge is -2.38. The number of nitrogens with two attached hydrogens (primary N) is 2. The molecule has 0 aromatic heterocycles. The summed E-state index contributed by atoms with van der Waals surface area (Å²) >= 11 is 0. The first kappa shape index (κ1) is 14.9. The fraction of sp³-hybridized carbons (Fsp3) is 0.800. The van der Waals surface area contributed by atoms with Gasteiger partial charge < -0.3 is 11.5 Å². The van der Waals surface area contributed by atoms with Gasteiger partial charge in [0, 0.05) is 12.1 Å². The first-order chi connectivity index (χ1) is 7.39.